The van der Waals surface area contributed by atoms with Crippen LogP contribution in [-0.4, -0.2) is 9.97 Å². The predicted molar refractivity (Wildman–Crippen MR) is 108 cm³/mol. The molecule has 0 aliphatic rings. The molecule has 1 heterocycles. The normalized spacial score (nSPS) is 10.4. The average Bonchev–Trinajstić information content (AvgIpc) is 2.65. The first-order valence-corrected chi connectivity index (χ1v) is 9.80. The number of benzene rings is 2. The van der Waals surface area contributed by atoms with E-state index in [2.05, 4.69) is 29.0 Å². The van der Waals surface area contributed by atoms with Crippen molar-refractivity contribution in [2.45, 2.75) is 38.1 Å². The molecule has 0 saturated carbocycles. The van der Waals surface area contributed by atoms with E-state index in [1.165, 1.54) is 0 Å². The Balaban J connectivity index is 1.79. The van der Waals surface area contributed by atoms with Crippen molar-refractivity contribution in [3.05, 3.63) is 76.5 Å². The van der Waals surface area contributed by atoms with E-state index in [1.807, 2.05) is 50.2 Å². The molecule has 0 saturated heterocycles. The Labute approximate surface area is 164 Å². The van der Waals surface area contributed by atoms with Gasteiger partial charge in [0.15, 0.2) is 5.16 Å². The van der Waals surface area contributed by atoms with Gasteiger partial charge in [0.1, 0.15) is 5.75 Å². The Morgan fingerprint density at radius 1 is 1.04 bits per heavy atom. The highest BCUT2D eigenvalue weighted by Crippen LogP contribution is 2.26. The fourth-order valence-electron chi connectivity index (χ4n) is 2.74. The lowest BCUT2D eigenvalue weighted by Gasteiger charge is -2.10. The standard InChI is InChI=1S/C22H21N3OS/c1-4-19-12-21(26-20-9-15(2)8-16(3)10-20)25-22(24-19)27-14-18-7-5-6-17(11-18)13-23/h5-12H,4,14H2,1-3H3. The number of rotatable bonds is 6. The number of hydrogen-bond donors (Lipinski definition) is 0. The maximum Gasteiger partial charge on any atom is 0.223 e. The Hall–Kier alpha value is -2.84. The summed E-state index contributed by atoms with van der Waals surface area (Å²) < 4.78 is 6.00. The molecule has 1 aromatic heterocycles. The number of ether oxygens (including phenoxy) is 1. The van der Waals surface area contributed by atoms with Crippen LogP contribution < -0.4 is 4.74 Å². The Kier molecular flexibility index (Phi) is 6.10. The van der Waals surface area contributed by atoms with Gasteiger partial charge in [0.2, 0.25) is 5.88 Å². The van der Waals surface area contributed by atoms with Crippen LogP contribution in [0.4, 0.5) is 0 Å². The molecule has 27 heavy (non-hydrogen) atoms. The second kappa shape index (κ2) is 8.70. The van der Waals surface area contributed by atoms with Crippen LogP contribution in [0.25, 0.3) is 0 Å². The van der Waals surface area contributed by atoms with Crippen LogP contribution in [0.15, 0.2) is 53.7 Å². The molecule has 0 atom stereocenters. The molecular weight excluding hydrogens is 354 g/mol. The number of nitrogens with zero attached hydrogens (tertiary/aromatic N) is 3. The van der Waals surface area contributed by atoms with E-state index in [-0.39, 0.29) is 0 Å². The highest BCUT2D eigenvalue weighted by atomic mass is 32.2. The molecule has 0 radical (unpaired) electrons. The lowest BCUT2D eigenvalue weighted by atomic mass is 10.1. The Morgan fingerprint density at radius 2 is 1.81 bits per heavy atom. The third-order valence-electron chi connectivity index (χ3n) is 3.94. The summed E-state index contributed by atoms with van der Waals surface area (Å²) >= 11 is 1.54. The number of thioether (sulfide) groups is 1. The van der Waals surface area contributed by atoms with E-state index in [4.69, 9.17) is 10.00 Å². The van der Waals surface area contributed by atoms with Gasteiger partial charge < -0.3 is 4.74 Å². The van der Waals surface area contributed by atoms with Gasteiger partial charge in [-0.25, -0.2) is 4.98 Å². The molecule has 3 rings (SSSR count). The fraction of sp³-hybridized carbons (Fsp3) is 0.227. The third-order valence-corrected chi connectivity index (χ3v) is 4.86. The molecule has 3 aromatic rings. The van der Waals surface area contributed by atoms with Crippen molar-refractivity contribution in [1.82, 2.24) is 9.97 Å². The minimum Gasteiger partial charge on any atom is -0.439 e. The summed E-state index contributed by atoms with van der Waals surface area (Å²) in [4.78, 5) is 9.15. The number of nitriles is 1. The van der Waals surface area contributed by atoms with E-state index in [9.17, 15) is 0 Å². The SMILES string of the molecule is CCc1cc(Oc2cc(C)cc(C)c2)nc(SCc2cccc(C#N)c2)n1. The van der Waals surface area contributed by atoms with Crippen molar-refractivity contribution in [3.63, 3.8) is 0 Å². The molecule has 0 unspecified atom stereocenters. The first kappa shape index (κ1) is 18.9. The lowest BCUT2D eigenvalue weighted by Crippen LogP contribution is -1.98. The lowest BCUT2D eigenvalue weighted by molar-refractivity contribution is 0.453. The Bertz CT molecular complexity index is 975. The maximum atomic E-state index is 9.03. The second-order valence-corrected chi connectivity index (χ2v) is 7.30. The molecule has 0 amide bonds. The first-order valence-electron chi connectivity index (χ1n) is 8.81. The summed E-state index contributed by atoms with van der Waals surface area (Å²) in [7, 11) is 0. The van der Waals surface area contributed by atoms with Gasteiger partial charge in [-0.3, -0.25) is 0 Å². The topological polar surface area (TPSA) is 58.8 Å². The molecule has 0 aliphatic heterocycles. The summed E-state index contributed by atoms with van der Waals surface area (Å²) in [5.41, 5.74) is 4.98. The largest absolute Gasteiger partial charge is 0.439 e. The highest BCUT2D eigenvalue weighted by Gasteiger charge is 2.08. The van der Waals surface area contributed by atoms with Gasteiger partial charge in [-0.05, 0) is 61.2 Å². The van der Waals surface area contributed by atoms with E-state index in [0.29, 0.717) is 22.4 Å². The smallest absolute Gasteiger partial charge is 0.223 e. The minimum absolute atomic E-state index is 0.556. The third kappa shape index (κ3) is 5.32. The fourth-order valence-corrected chi connectivity index (χ4v) is 3.55. The van der Waals surface area contributed by atoms with Crippen LogP contribution in [0, 0.1) is 25.2 Å². The van der Waals surface area contributed by atoms with Crippen molar-refractivity contribution < 1.29 is 4.74 Å². The summed E-state index contributed by atoms with van der Waals surface area (Å²) in [5.74, 6) is 2.04. The molecule has 0 aliphatic carbocycles. The molecule has 4 nitrogen and oxygen atoms in total. The molecule has 0 N–H and O–H groups in total. The molecular formula is C22H21N3OS. The van der Waals surface area contributed by atoms with E-state index in [1.54, 1.807) is 17.8 Å². The van der Waals surface area contributed by atoms with Crippen LogP contribution in [0.1, 0.15) is 34.9 Å². The van der Waals surface area contributed by atoms with Crippen molar-refractivity contribution in [3.8, 4) is 17.7 Å². The second-order valence-electron chi connectivity index (χ2n) is 6.36. The zero-order valence-corrected chi connectivity index (χ0v) is 16.5. The van der Waals surface area contributed by atoms with Crippen LogP contribution in [-0.2, 0) is 12.2 Å². The van der Waals surface area contributed by atoms with Crippen molar-refractivity contribution >= 4 is 11.8 Å². The monoisotopic (exact) mass is 375 g/mol. The van der Waals surface area contributed by atoms with Gasteiger partial charge in [-0.1, -0.05) is 36.9 Å². The number of aromatic nitrogens is 2. The summed E-state index contributed by atoms with van der Waals surface area (Å²) in [5, 5.41) is 9.71. The first-order chi connectivity index (χ1) is 13.1. The van der Waals surface area contributed by atoms with Crippen LogP contribution in [0.5, 0.6) is 11.6 Å². The van der Waals surface area contributed by atoms with Gasteiger partial charge in [0, 0.05) is 17.5 Å². The van der Waals surface area contributed by atoms with E-state index >= 15 is 0 Å². The zero-order chi connectivity index (χ0) is 19.2. The molecule has 0 bridgehead atoms. The minimum atomic E-state index is 0.556. The van der Waals surface area contributed by atoms with Crippen molar-refractivity contribution in [1.29, 1.82) is 5.26 Å². The molecule has 5 heteroatoms. The molecule has 2 aromatic carbocycles. The van der Waals surface area contributed by atoms with Crippen LogP contribution in [0.3, 0.4) is 0 Å². The Morgan fingerprint density at radius 3 is 2.52 bits per heavy atom. The average molecular weight is 375 g/mol. The van der Waals surface area contributed by atoms with Gasteiger partial charge in [-0.15, -0.1) is 0 Å². The quantitative estimate of drug-likeness (QED) is 0.414. The number of aryl methyl sites for hydroxylation is 3. The van der Waals surface area contributed by atoms with Crippen molar-refractivity contribution in [2.75, 3.05) is 0 Å². The summed E-state index contributed by atoms with van der Waals surface area (Å²) in [6, 6.07) is 17.8. The maximum absolute atomic E-state index is 9.03. The zero-order valence-electron chi connectivity index (χ0n) is 15.7. The summed E-state index contributed by atoms with van der Waals surface area (Å²) in [6.45, 7) is 6.16. The predicted octanol–water partition coefficient (Wildman–Crippen LogP) is 5.61. The molecule has 0 fully saturated rings. The molecule has 136 valence electrons. The molecule has 0 spiro atoms. The van der Waals surface area contributed by atoms with E-state index < -0.39 is 0 Å². The van der Waals surface area contributed by atoms with Gasteiger partial charge in [0.05, 0.1) is 11.6 Å². The number of hydrogen-bond acceptors (Lipinski definition) is 5. The van der Waals surface area contributed by atoms with Gasteiger partial charge >= 0.3 is 0 Å². The van der Waals surface area contributed by atoms with Gasteiger partial charge in [0.25, 0.3) is 0 Å². The van der Waals surface area contributed by atoms with E-state index in [0.717, 1.165) is 34.6 Å². The highest BCUT2D eigenvalue weighted by molar-refractivity contribution is 7.98. The van der Waals surface area contributed by atoms with Crippen LogP contribution >= 0.6 is 11.8 Å². The summed E-state index contributed by atoms with van der Waals surface area (Å²) in [6.07, 6.45) is 0.809. The van der Waals surface area contributed by atoms with Crippen molar-refractivity contribution in [2.24, 2.45) is 0 Å². The van der Waals surface area contributed by atoms with Gasteiger partial charge in [-0.2, -0.15) is 10.2 Å². The van der Waals surface area contributed by atoms with Crippen LogP contribution in [0.2, 0.25) is 0 Å².